The number of hydrogen-bond acceptors (Lipinski definition) is 3. The largest absolute Gasteiger partial charge is 0.322 e. The molecule has 0 saturated carbocycles. The van der Waals surface area contributed by atoms with E-state index in [2.05, 4.69) is 33.4 Å². The van der Waals surface area contributed by atoms with Gasteiger partial charge in [-0.1, -0.05) is 28.1 Å². The summed E-state index contributed by atoms with van der Waals surface area (Å²) in [4.78, 5) is 12.4. The number of hydrogen-bond donors (Lipinski definition) is 1. The van der Waals surface area contributed by atoms with Gasteiger partial charge in [0.2, 0.25) is 0 Å². The van der Waals surface area contributed by atoms with Crippen LogP contribution >= 0.6 is 39.5 Å². The molecule has 0 atom stereocenters. The van der Waals surface area contributed by atoms with E-state index in [0.717, 1.165) is 15.7 Å². The summed E-state index contributed by atoms with van der Waals surface area (Å²) in [6, 6.07) is 13.9. The lowest BCUT2D eigenvalue weighted by Gasteiger charge is -2.21. The van der Waals surface area contributed by atoms with Crippen molar-refractivity contribution in [2.75, 3.05) is 16.8 Å². The monoisotopic (exact) mass is 407 g/mol. The summed E-state index contributed by atoms with van der Waals surface area (Å²) in [5, 5.41) is 2.98. The van der Waals surface area contributed by atoms with Crippen molar-refractivity contribution in [3.8, 4) is 0 Å². The molecular formula is C18H18BrNOS2. The van der Waals surface area contributed by atoms with Gasteiger partial charge in [-0.2, -0.15) is 0 Å². The topological polar surface area (TPSA) is 29.1 Å². The van der Waals surface area contributed by atoms with Crippen LogP contribution in [0.3, 0.4) is 0 Å². The molecule has 1 fully saturated rings. The summed E-state index contributed by atoms with van der Waals surface area (Å²) >= 11 is 7.43. The molecule has 0 unspecified atom stereocenters. The minimum atomic E-state index is -0.0640. The summed E-state index contributed by atoms with van der Waals surface area (Å²) in [7, 11) is 0. The number of halogens is 1. The minimum absolute atomic E-state index is 0.0640. The number of nitrogens with one attached hydrogen (secondary N) is 1. The van der Waals surface area contributed by atoms with E-state index in [9.17, 15) is 4.79 Å². The molecule has 0 aromatic heterocycles. The lowest BCUT2D eigenvalue weighted by Crippen LogP contribution is -2.12. The third-order valence-corrected chi connectivity index (χ3v) is 7.22. The number of benzene rings is 2. The van der Waals surface area contributed by atoms with E-state index >= 15 is 0 Å². The second-order valence-electron chi connectivity index (χ2n) is 5.46. The first-order chi connectivity index (χ1) is 11.1. The van der Waals surface area contributed by atoms with Gasteiger partial charge in [0.1, 0.15) is 0 Å². The molecular weight excluding hydrogens is 390 g/mol. The molecule has 1 heterocycles. The third kappa shape index (κ3) is 4.34. The van der Waals surface area contributed by atoms with E-state index in [1.165, 1.54) is 23.5 Å². The van der Waals surface area contributed by atoms with Gasteiger partial charge in [-0.3, -0.25) is 4.79 Å². The van der Waals surface area contributed by atoms with Crippen LogP contribution in [-0.2, 0) is 0 Å². The van der Waals surface area contributed by atoms with Crippen LogP contribution in [0.2, 0.25) is 0 Å². The molecule has 2 aromatic carbocycles. The van der Waals surface area contributed by atoms with Crippen LogP contribution in [0.4, 0.5) is 5.69 Å². The van der Waals surface area contributed by atoms with Gasteiger partial charge in [0.05, 0.1) is 4.58 Å². The maximum Gasteiger partial charge on any atom is 0.255 e. The Labute approximate surface area is 153 Å². The van der Waals surface area contributed by atoms with E-state index in [1.807, 2.05) is 60.8 Å². The molecule has 1 aliphatic heterocycles. The normalized spacial score (nSPS) is 15.4. The highest BCUT2D eigenvalue weighted by molar-refractivity contribution is 9.10. The zero-order chi connectivity index (χ0) is 16.2. The zero-order valence-electron chi connectivity index (χ0n) is 12.8. The number of thioether (sulfide) groups is 2. The Morgan fingerprint density at radius 2 is 1.83 bits per heavy atom. The first kappa shape index (κ1) is 16.9. The van der Waals surface area contributed by atoms with Crippen LogP contribution in [0.1, 0.15) is 32.5 Å². The molecule has 2 aromatic rings. The van der Waals surface area contributed by atoms with E-state index in [4.69, 9.17) is 0 Å². The molecule has 0 aliphatic carbocycles. The van der Waals surface area contributed by atoms with Gasteiger partial charge in [0, 0.05) is 15.7 Å². The van der Waals surface area contributed by atoms with Crippen LogP contribution < -0.4 is 5.32 Å². The van der Waals surface area contributed by atoms with Crippen LogP contribution in [0.15, 0.2) is 46.9 Å². The maximum atomic E-state index is 12.4. The summed E-state index contributed by atoms with van der Waals surface area (Å²) in [6.07, 6.45) is 1.29. The van der Waals surface area contributed by atoms with Crippen molar-refractivity contribution >= 4 is 51.0 Å². The molecule has 0 bridgehead atoms. The highest BCUT2D eigenvalue weighted by Gasteiger charge is 2.17. The van der Waals surface area contributed by atoms with E-state index in [-0.39, 0.29) is 5.91 Å². The predicted molar refractivity (Wildman–Crippen MR) is 106 cm³/mol. The number of aryl methyl sites for hydroxylation is 1. The Morgan fingerprint density at radius 3 is 2.48 bits per heavy atom. The number of amides is 1. The van der Waals surface area contributed by atoms with Crippen LogP contribution in [0, 0.1) is 6.92 Å². The van der Waals surface area contributed by atoms with Crippen molar-refractivity contribution in [3.05, 3.63) is 63.6 Å². The molecule has 1 N–H and O–H groups in total. The fourth-order valence-electron chi connectivity index (χ4n) is 2.43. The summed E-state index contributed by atoms with van der Waals surface area (Å²) in [5.74, 6) is 2.39. The molecule has 3 rings (SSSR count). The Kier molecular flexibility index (Phi) is 5.72. The number of rotatable bonds is 3. The average Bonchev–Trinajstić information content (AvgIpc) is 2.58. The smallest absolute Gasteiger partial charge is 0.255 e. The summed E-state index contributed by atoms with van der Waals surface area (Å²) in [5.41, 5.74) is 3.89. The molecule has 2 nitrogen and oxygen atoms in total. The molecule has 1 saturated heterocycles. The fraction of sp³-hybridized carbons (Fsp3) is 0.278. The number of anilines is 1. The van der Waals surface area contributed by atoms with Crippen molar-refractivity contribution in [1.82, 2.24) is 0 Å². The van der Waals surface area contributed by atoms with E-state index < -0.39 is 0 Å². The second-order valence-corrected chi connectivity index (χ2v) is 9.10. The fourth-order valence-corrected chi connectivity index (χ4v) is 5.80. The Hall–Kier alpha value is -0.910. The van der Waals surface area contributed by atoms with Gasteiger partial charge in [-0.15, -0.1) is 23.5 Å². The van der Waals surface area contributed by atoms with Gasteiger partial charge in [0.15, 0.2) is 0 Å². The summed E-state index contributed by atoms with van der Waals surface area (Å²) in [6.45, 7) is 1.99. The molecule has 0 radical (unpaired) electrons. The van der Waals surface area contributed by atoms with Gasteiger partial charge in [0.25, 0.3) is 5.91 Å². The van der Waals surface area contributed by atoms with Crippen molar-refractivity contribution in [2.24, 2.45) is 0 Å². The Bertz CT molecular complexity index is 697. The number of carbonyl (C=O) groups is 1. The average molecular weight is 408 g/mol. The highest BCUT2D eigenvalue weighted by atomic mass is 79.9. The van der Waals surface area contributed by atoms with Gasteiger partial charge < -0.3 is 5.32 Å². The van der Waals surface area contributed by atoms with Crippen molar-refractivity contribution in [1.29, 1.82) is 0 Å². The van der Waals surface area contributed by atoms with Crippen molar-refractivity contribution in [2.45, 2.75) is 17.9 Å². The SMILES string of the molecule is Cc1cc(Br)ccc1NC(=O)c1ccc(C2SCCCS2)cc1. The van der Waals surface area contributed by atoms with Crippen molar-refractivity contribution in [3.63, 3.8) is 0 Å². The van der Waals surface area contributed by atoms with Crippen molar-refractivity contribution < 1.29 is 4.79 Å². The van der Waals surface area contributed by atoms with Gasteiger partial charge >= 0.3 is 0 Å². The van der Waals surface area contributed by atoms with Crippen LogP contribution in [0.5, 0.6) is 0 Å². The lowest BCUT2D eigenvalue weighted by molar-refractivity contribution is 0.102. The molecule has 1 aliphatic rings. The third-order valence-electron chi connectivity index (χ3n) is 3.71. The Balaban J connectivity index is 1.69. The summed E-state index contributed by atoms with van der Waals surface area (Å²) < 4.78 is 1.52. The lowest BCUT2D eigenvalue weighted by atomic mass is 10.1. The Morgan fingerprint density at radius 1 is 1.13 bits per heavy atom. The number of carbonyl (C=O) groups excluding carboxylic acids is 1. The van der Waals surface area contributed by atoms with Gasteiger partial charge in [-0.25, -0.2) is 0 Å². The predicted octanol–water partition coefficient (Wildman–Crippen LogP) is 5.88. The molecule has 23 heavy (non-hydrogen) atoms. The first-order valence-electron chi connectivity index (χ1n) is 7.54. The zero-order valence-corrected chi connectivity index (χ0v) is 16.1. The minimum Gasteiger partial charge on any atom is -0.322 e. The standard InChI is InChI=1S/C18H18BrNOS2/c1-12-11-15(19)7-8-16(12)20-17(21)13-3-5-14(6-4-13)18-22-9-2-10-23-18/h3-8,11,18H,2,9-10H2,1H3,(H,20,21). The quantitative estimate of drug-likeness (QED) is 0.688. The maximum absolute atomic E-state index is 12.4. The first-order valence-corrected chi connectivity index (χ1v) is 10.4. The molecule has 0 spiro atoms. The van der Waals surface area contributed by atoms with Crippen LogP contribution in [-0.4, -0.2) is 17.4 Å². The molecule has 1 amide bonds. The van der Waals surface area contributed by atoms with E-state index in [0.29, 0.717) is 10.1 Å². The molecule has 5 heteroatoms. The highest BCUT2D eigenvalue weighted by Crippen LogP contribution is 2.43. The van der Waals surface area contributed by atoms with E-state index in [1.54, 1.807) is 0 Å². The van der Waals surface area contributed by atoms with Gasteiger partial charge in [-0.05, 0) is 66.3 Å². The second kappa shape index (κ2) is 7.77. The molecule has 120 valence electrons. The van der Waals surface area contributed by atoms with Crippen LogP contribution in [0.25, 0.3) is 0 Å².